The number of primary amides is 1. The van der Waals surface area contributed by atoms with Gasteiger partial charge in [-0.15, -0.1) is 0 Å². The van der Waals surface area contributed by atoms with E-state index in [2.05, 4.69) is 47.4 Å². The van der Waals surface area contributed by atoms with Crippen LogP contribution in [0.15, 0.2) is 18.2 Å². The standard InChI is InChI=1S/C50H79IN8O15/c1-5-26(2)18-27(3)12-10-8-6-7-9-11-13-40(68)54-33-21-30(61)24-53-48(72)44-36(64)16-17-58(44)50(74)43(38(66)23-39(52)67)57-47(71)42(37(65)20-29-14-15-35(63)32(51)19-29)56-46(70)34-22-31(62)25-59(34)49(73)41(28(4)60)55-45(33)69/h14-15,19,26-28,30-31,33-34,36-38,41-44,60-66H,5-13,16-18,20-25H2,1-4H3,(H2,52,67)(H,53,72)(H,54,68)(H,55,69)(H,56,70)(H,57,71)/t26?,27?,28-,30+,31+,33?,34-,36-,37+,38-,41-,42-,43-,44-/m0/s1. The van der Waals surface area contributed by atoms with E-state index in [1.807, 2.05) is 22.6 Å². The number of nitrogens with two attached hydrogens (primary N) is 1. The average Bonchev–Trinajstić information content (AvgIpc) is 3.93. The summed E-state index contributed by atoms with van der Waals surface area (Å²) in [5.41, 5.74) is 5.72. The van der Waals surface area contributed by atoms with Crippen molar-refractivity contribution in [3.8, 4) is 5.75 Å². The molecule has 3 fully saturated rings. The van der Waals surface area contributed by atoms with Gasteiger partial charge in [-0.2, -0.15) is 0 Å². The van der Waals surface area contributed by atoms with Crippen molar-refractivity contribution in [3.63, 3.8) is 0 Å². The summed E-state index contributed by atoms with van der Waals surface area (Å²) in [6.45, 7) is 6.48. The number of benzene rings is 1. The zero-order chi connectivity index (χ0) is 55.0. The van der Waals surface area contributed by atoms with E-state index < -0.39 is 152 Å². The van der Waals surface area contributed by atoms with Crippen molar-refractivity contribution in [1.82, 2.24) is 36.4 Å². The summed E-state index contributed by atoms with van der Waals surface area (Å²) in [6, 6.07) is -6.61. The molecule has 14 atom stereocenters. The minimum absolute atomic E-state index is 0.00360. The van der Waals surface area contributed by atoms with E-state index in [4.69, 9.17) is 5.73 Å². The Balaban J connectivity index is 1.66. The van der Waals surface area contributed by atoms with Gasteiger partial charge in [0.15, 0.2) is 0 Å². The number of nitrogens with one attached hydrogen (secondary N) is 5. The molecule has 0 aliphatic carbocycles. The monoisotopic (exact) mass is 1160 g/mol. The minimum Gasteiger partial charge on any atom is -0.507 e. The number of carbonyl (C=O) groups excluding carboxylic acids is 8. The van der Waals surface area contributed by atoms with Crippen molar-refractivity contribution >= 4 is 69.8 Å². The number of β-amino-alcohol motifs (C(OH)–C–C–N with tert-alkyl or cyclic N) is 1. The molecule has 0 saturated carbocycles. The number of phenols is 1. The van der Waals surface area contributed by atoms with Crippen LogP contribution in [0.2, 0.25) is 0 Å². The lowest BCUT2D eigenvalue weighted by Crippen LogP contribution is -2.64. The third kappa shape index (κ3) is 18.2. The lowest BCUT2D eigenvalue weighted by Gasteiger charge is -2.33. The molecule has 3 aliphatic rings. The molecule has 3 unspecified atom stereocenters. The topological polar surface area (TPSA) is 371 Å². The van der Waals surface area contributed by atoms with Gasteiger partial charge < -0.3 is 77.9 Å². The largest absolute Gasteiger partial charge is 0.507 e. The van der Waals surface area contributed by atoms with Gasteiger partial charge in [-0.05, 0) is 78.3 Å². The number of aliphatic hydroxyl groups excluding tert-OH is 6. The first-order chi connectivity index (χ1) is 34.9. The van der Waals surface area contributed by atoms with E-state index in [1.54, 1.807) is 0 Å². The molecule has 0 radical (unpaired) electrons. The van der Waals surface area contributed by atoms with Gasteiger partial charge >= 0.3 is 0 Å². The highest BCUT2D eigenvalue weighted by atomic mass is 127. The molecule has 24 heteroatoms. The minimum atomic E-state index is -2.10. The quantitative estimate of drug-likeness (QED) is 0.0520. The van der Waals surface area contributed by atoms with Crippen LogP contribution in [0, 0.1) is 15.4 Å². The van der Waals surface area contributed by atoms with E-state index in [1.165, 1.54) is 31.5 Å². The van der Waals surface area contributed by atoms with Gasteiger partial charge in [0.05, 0.1) is 46.6 Å². The molecule has 0 bridgehead atoms. The summed E-state index contributed by atoms with van der Waals surface area (Å²) in [5, 5.41) is 89.2. The molecule has 3 saturated heterocycles. The van der Waals surface area contributed by atoms with E-state index in [-0.39, 0.29) is 31.6 Å². The van der Waals surface area contributed by atoms with Crippen molar-refractivity contribution in [2.75, 3.05) is 19.6 Å². The van der Waals surface area contributed by atoms with Gasteiger partial charge in [0.25, 0.3) is 0 Å². The first kappa shape index (κ1) is 61.8. The number of unbranched alkanes of at least 4 members (excludes halogenated alkanes) is 5. The summed E-state index contributed by atoms with van der Waals surface area (Å²) < 4.78 is 0.362. The molecular weight excluding hydrogens is 1080 g/mol. The van der Waals surface area contributed by atoms with Crippen LogP contribution >= 0.6 is 22.6 Å². The Kier molecular flexibility index (Phi) is 24.7. The van der Waals surface area contributed by atoms with Crippen molar-refractivity contribution in [1.29, 1.82) is 0 Å². The predicted octanol–water partition coefficient (Wildman–Crippen LogP) is -1.55. The lowest BCUT2D eigenvalue weighted by molar-refractivity contribution is -0.147. The van der Waals surface area contributed by atoms with Crippen LogP contribution in [0.1, 0.15) is 123 Å². The van der Waals surface area contributed by atoms with Crippen LogP contribution < -0.4 is 32.3 Å². The fourth-order valence-electron chi connectivity index (χ4n) is 9.79. The fourth-order valence-corrected chi connectivity index (χ4v) is 10.4. The van der Waals surface area contributed by atoms with Crippen LogP contribution in [0.25, 0.3) is 0 Å². The Labute approximate surface area is 445 Å². The molecule has 3 heterocycles. The second kappa shape index (κ2) is 29.5. The van der Waals surface area contributed by atoms with Crippen molar-refractivity contribution in [2.45, 2.75) is 197 Å². The zero-order valence-electron chi connectivity index (χ0n) is 42.8. The molecule has 14 N–H and O–H groups in total. The molecule has 4 rings (SSSR count). The third-order valence-electron chi connectivity index (χ3n) is 14.1. The number of nitrogens with zero attached hydrogens (tertiary/aromatic N) is 2. The van der Waals surface area contributed by atoms with Crippen LogP contribution in [0.3, 0.4) is 0 Å². The highest BCUT2D eigenvalue weighted by Gasteiger charge is 2.48. The van der Waals surface area contributed by atoms with Gasteiger partial charge in [0.1, 0.15) is 42.0 Å². The maximum Gasteiger partial charge on any atom is 0.248 e. The Bertz CT molecular complexity index is 2100. The Morgan fingerprint density at radius 3 is 2.07 bits per heavy atom. The van der Waals surface area contributed by atoms with Crippen molar-refractivity contribution in [3.05, 3.63) is 27.3 Å². The van der Waals surface area contributed by atoms with Gasteiger partial charge in [-0.3, -0.25) is 38.4 Å². The molecule has 74 heavy (non-hydrogen) atoms. The maximum atomic E-state index is 14.4. The summed E-state index contributed by atoms with van der Waals surface area (Å²) >= 11 is 1.83. The van der Waals surface area contributed by atoms with Gasteiger partial charge in [-0.25, -0.2) is 0 Å². The molecule has 3 aliphatic heterocycles. The molecule has 0 spiro atoms. The molecule has 416 valence electrons. The number of fused-ring (bicyclic) bond motifs is 2. The molecular formula is C50H79IN8O15. The maximum absolute atomic E-state index is 14.4. The second-order valence-electron chi connectivity index (χ2n) is 20.5. The van der Waals surface area contributed by atoms with E-state index >= 15 is 0 Å². The van der Waals surface area contributed by atoms with E-state index in [0.29, 0.717) is 27.4 Å². The number of halogens is 1. The first-order valence-corrected chi connectivity index (χ1v) is 26.9. The summed E-state index contributed by atoms with van der Waals surface area (Å²) in [4.78, 5) is 113. The number of hydrogen-bond acceptors (Lipinski definition) is 15. The fraction of sp³-hybridized carbons (Fsp3) is 0.720. The molecule has 23 nitrogen and oxygen atoms in total. The number of rotatable bonds is 20. The zero-order valence-corrected chi connectivity index (χ0v) is 44.9. The lowest BCUT2D eigenvalue weighted by atomic mass is 9.91. The van der Waals surface area contributed by atoms with Gasteiger partial charge in [0, 0.05) is 45.3 Å². The smallest absolute Gasteiger partial charge is 0.248 e. The third-order valence-corrected chi connectivity index (χ3v) is 15.0. The van der Waals surface area contributed by atoms with Crippen molar-refractivity contribution < 1.29 is 74.1 Å². The highest BCUT2D eigenvalue weighted by Crippen LogP contribution is 2.26. The number of carbonyl (C=O) groups is 8. The number of aliphatic hydroxyl groups is 6. The number of amides is 8. The van der Waals surface area contributed by atoms with Crippen LogP contribution in [-0.4, -0.2) is 185 Å². The Hall–Kier alpha value is -4.73. The first-order valence-electron chi connectivity index (χ1n) is 25.8. The Morgan fingerprint density at radius 2 is 1.42 bits per heavy atom. The van der Waals surface area contributed by atoms with Gasteiger partial charge in [0.2, 0.25) is 47.3 Å². The van der Waals surface area contributed by atoms with Crippen molar-refractivity contribution in [2.24, 2.45) is 17.6 Å². The highest BCUT2D eigenvalue weighted by molar-refractivity contribution is 14.1. The Morgan fingerprint density at radius 1 is 0.784 bits per heavy atom. The van der Waals surface area contributed by atoms with E-state index in [9.17, 15) is 74.1 Å². The molecule has 0 aromatic heterocycles. The van der Waals surface area contributed by atoms with E-state index in [0.717, 1.165) is 54.7 Å². The summed E-state index contributed by atoms with van der Waals surface area (Å²) in [7, 11) is 0. The van der Waals surface area contributed by atoms with Crippen LogP contribution in [-0.2, 0) is 44.8 Å². The molecule has 1 aromatic rings. The van der Waals surface area contributed by atoms with Gasteiger partial charge in [-0.1, -0.05) is 71.8 Å². The average molecular weight is 1160 g/mol. The molecule has 1 aromatic carbocycles. The normalized spacial score (nSPS) is 27.8. The SMILES string of the molecule is CCC(C)CC(C)CCCCCCCCC(=O)NC1C[C@@H](O)CNC(=O)[C@@H]2[C@@H](O)CCN2C(=O)[C@H]([C@@H](O)CC(N)=O)NC(=O)[C@H]([C@H](O)Cc2ccc(O)c(I)c2)NC(=O)[C@@H]2C[C@@H](O)CN2C(=O)[C@H]([C@H](C)O)NC1=O. The van der Waals surface area contributed by atoms with Crippen LogP contribution in [0.5, 0.6) is 5.75 Å². The number of aromatic hydroxyl groups is 1. The predicted molar refractivity (Wildman–Crippen MR) is 276 cm³/mol. The number of hydrogen-bond donors (Lipinski definition) is 13. The summed E-state index contributed by atoms with van der Waals surface area (Å²) in [5.74, 6) is -7.18. The van der Waals surface area contributed by atoms with Crippen LogP contribution in [0.4, 0.5) is 0 Å². The molecule has 8 amide bonds. The second-order valence-corrected chi connectivity index (χ2v) is 21.7. The summed E-state index contributed by atoms with van der Waals surface area (Å²) in [6.07, 6.45) is -3.73. The number of phenolic OH excluding ortho intramolecular Hbond substituents is 1.